The summed E-state index contributed by atoms with van der Waals surface area (Å²) in [6.07, 6.45) is 1.41. The van der Waals surface area contributed by atoms with Crippen molar-refractivity contribution >= 4 is 39.2 Å². The van der Waals surface area contributed by atoms with E-state index in [0.717, 1.165) is 26.4 Å². The van der Waals surface area contributed by atoms with Crippen molar-refractivity contribution in [3.8, 4) is 11.1 Å². The highest BCUT2D eigenvalue weighted by Crippen LogP contribution is 2.37. The van der Waals surface area contributed by atoms with Gasteiger partial charge in [-0.2, -0.15) is 0 Å². The van der Waals surface area contributed by atoms with E-state index in [1.54, 1.807) is 12.1 Å². The number of ether oxygens (including phenoxy) is 2. The smallest absolute Gasteiger partial charge is 0.221 e. The molecule has 148 valence electrons. The number of carbonyl (C=O) groups excluding carboxylic acids is 1. The minimum absolute atomic E-state index is 0.0824. The predicted octanol–water partition coefficient (Wildman–Crippen LogP) is 3.71. The van der Waals surface area contributed by atoms with Gasteiger partial charge >= 0.3 is 0 Å². The molecule has 0 aliphatic carbocycles. The van der Waals surface area contributed by atoms with Gasteiger partial charge < -0.3 is 14.8 Å². The van der Waals surface area contributed by atoms with E-state index in [-0.39, 0.29) is 11.7 Å². The van der Waals surface area contributed by atoms with Crippen LogP contribution in [0.2, 0.25) is 0 Å². The first-order valence-corrected chi connectivity index (χ1v) is 10.4. The fraction of sp³-hybridized carbons (Fsp3) is 0.316. The zero-order chi connectivity index (χ0) is 19.9. The molecule has 0 radical (unpaired) electrons. The number of aromatic nitrogens is 2. The molecular formula is C19H20FN3O3S2. The van der Waals surface area contributed by atoms with Gasteiger partial charge in [0, 0.05) is 37.3 Å². The number of halogens is 1. The van der Waals surface area contributed by atoms with Gasteiger partial charge in [-0.05, 0) is 17.7 Å². The molecule has 0 unspecified atom stereocenters. The average Bonchev–Trinajstić information content (AvgIpc) is 3.14. The van der Waals surface area contributed by atoms with Crippen molar-refractivity contribution in [2.75, 3.05) is 26.5 Å². The zero-order valence-corrected chi connectivity index (χ0v) is 17.1. The third-order valence-electron chi connectivity index (χ3n) is 4.05. The molecule has 3 rings (SSSR count). The molecule has 0 saturated carbocycles. The summed E-state index contributed by atoms with van der Waals surface area (Å²) in [7, 11) is 3.05. The Bertz CT molecular complexity index is 930. The Morgan fingerprint density at radius 3 is 2.71 bits per heavy atom. The van der Waals surface area contributed by atoms with Crippen molar-refractivity contribution in [2.24, 2.45) is 0 Å². The maximum Gasteiger partial charge on any atom is 0.221 e. The lowest BCUT2D eigenvalue weighted by atomic mass is 10.1. The number of hydrogen-bond donors (Lipinski definition) is 1. The molecule has 6 nitrogen and oxygen atoms in total. The summed E-state index contributed by atoms with van der Waals surface area (Å²) in [6.45, 7) is 0.299. The molecule has 0 spiro atoms. The second kappa shape index (κ2) is 9.92. The van der Waals surface area contributed by atoms with E-state index in [1.807, 2.05) is 5.38 Å². The SMILES string of the molecule is COC(CNC(=O)CCSc1ncnc2scc(-c3ccc(F)cc3)c12)OC. The standard InChI is InChI=1S/C19H20FN3O3S2/c1-25-16(26-2)9-21-15(24)7-8-27-18-17-14(10-28-19(17)23-11-22-18)12-3-5-13(20)6-4-12/h3-6,10-11,16H,7-9H2,1-2H3,(H,21,24). The number of thiophene rings is 1. The van der Waals surface area contributed by atoms with Crippen LogP contribution in [0, 0.1) is 5.82 Å². The van der Waals surface area contributed by atoms with Crippen LogP contribution in [0.15, 0.2) is 41.0 Å². The Morgan fingerprint density at radius 1 is 1.25 bits per heavy atom. The van der Waals surface area contributed by atoms with Crippen LogP contribution in [-0.2, 0) is 14.3 Å². The first-order valence-electron chi connectivity index (χ1n) is 8.55. The van der Waals surface area contributed by atoms with E-state index < -0.39 is 6.29 Å². The molecule has 0 fully saturated rings. The molecule has 1 N–H and O–H groups in total. The number of benzene rings is 1. The molecule has 0 bridgehead atoms. The van der Waals surface area contributed by atoms with Crippen molar-refractivity contribution in [1.29, 1.82) is 0 Å². The summed E-state index contributed by atoms with van der Waals surface area (Å²) < 4.78 is 23.3. The lowest BCUT2D eigenvalue weighted by molar-refractivity contribution is -0.127. The molecule has 9 heteroatoms. The van der Waals surface area contributed by atoms with E-state index in [1.165, 1.54) is 55.8 Å². The molecule has 1 amide bonds. The number of amides is 1. The number of methoxy groups -OCH3 is 2. The highest BCUT2D eigenvalue weighted by atomic mass is 32.2. The van der Waals surface area contributed by atoms with Crippen LogP contribution in [0.5, 0.6) is 0 Å². The topological polar surface area (TPSA) is 73.3 Å². The number of carbonyl (C=O) groups is 1. The Labute approximate surface area is 170 Å². The first kappa shape index (κ1) is 20.7. The van der Waals surface area contributed by atoms with Crippen LogP contribution < -0.4 is 5.32 Å². The fourth-order valence-corrected chi connectivity index (χ4v) is 4.52. The molecule has 2 aromatic heterocycles. The van der Waals surface area contributed by atoms with E-state index in [9.17, 15) is 9.18 Å². The minimum atomic E-state index is -0.456. The lowest BCUT2D eigenvalue weighted by Gasteiger charge is -2.13. The van der Waals surface area contributed by atoms with Crippen LogP contribution in [0.3, 0.4) is 0 Å². The van der Waals surface area contributed by atoms with Gasteiger partial charge in [-0.1, -0.05) is 12.1 Å². The van der Waals surface area contributed by atoms with Crippen LogP contribution in [-0.4, -0.2) is 48.7 Å². The van der Waals surface area contributed by atoms with Gasteiger partial charge in [-0.3, -0.25) is 4.79 Å². The van der Waals surface area contributed by atoms with Crippen molar-refractivity contribution in [2.45, 2.75) is 17.7 Å². The molecular weight excluding hydrogens is 401 g/mol. The summed E-state index contributed by atoms with van der Waals surface area (Å²) in [6, 6.07) is 6.36. The highest BCUT2D eigenvalue weighted by Gasteiger charge is 2.14. The number of fused-ring (bicyclic) bond motifs is 1. The van der Waals surface area contributed by atoms with Crippen molar-refractivity contribution in [3.63, 3.8) is 0 Å². The average molecular weight is 422 g/mol. The fourth-order valence-electron chi connectivity index (χ4n) is 2.59. The number of thioether (sulfide) groups is 1. The van der Waals surface area contributed by atoms with E-state index in [2.05, 4.69) is 15.3 Å². The second-order valence-corrected chi connectivity index (χ2v) is 7.76. The Hall–Kier alpha value is -2.07. The minimum Gasteiger partial charge on any atom is -0.354 e. The largest absolute Gasteiger partial charge is 0.354 e. The monoisotopic (exact) mass is 421 g/mol. The Morgan fingerprint density at radius 2 is 2.00 bits per heavy atom. The van der Waals surface area contributed by atoms with Crippen LogP contribution in [0.25, 0.3) is 21.3 Å². The molecule has 2 heterocycles. The van der Waals surface area contributed by atoms with Gasteiger partial charge in [0.25, 0.3) is 0 Å². The molecule has 0 aliphatic rings. The van der Waals surface area contributed by atoms with Gasteiger partial charge in [-0.15, -0.1) is 23.1 Å². The van der Waals surface area contributed by atoms with Gasteiger partial charge in [-0.25, -0.2) is 14.4 Å². The van der Waals surface area contributed by atoms with E-state index in [0.29, 0.717) is 18.7 Å². The number of hydrogen-bond acceptors (Lipinski definition) is 7. The number of nitrogens with one attached hydrogen (secondary N) is 1. The highest BCUT2D eigenvalue weighted by molar-refractivity contribution is 7.99. The van der Waals surface area contributed by atoms with Gasteiger partial charge in [0.05, 0.1) is 11.9 Å². The number of rotatable bonds is 9. The zero-order valence-electron chi connectivity index (χ0n) is 15.5. The molecule has 3 aromatic rings. The van der Waals surface area contributed by atoms with Gasteiger partial charge in [0.1, 0.15) is 22.0 Å². The van der Waals surface area contributed by atoms with Crippen LogP contribution in [0.1, 0.15) is 6.42 Å². The third kappa shape index (κ3) is 5.05. The number of nitrogens with zero attached hydrogens (tertiary/aromatic N) is 2. The van der Waals surface area contributed by atoms with Crippen LogP contribution >= 0.6 is 23.1 Å². The van der Waals surface area contributed by atoms with Crippen molar-refractivity contribution < 1.29 is 18.7 Å². The van der Waals surface area contributed by atoms with E-state index >= 15 is 0 Å². The van der Waals surface area contributed by atoms with Crippen LogP contribution in [0.4, 0.5) is 4.39 Å². The van der Waals surface area contributed by atoms with Crippen molar-refractivity contribution in [1.82, 2.24) is 15.3 Å². The van der Waals surface area contributed by atoms with Gasteiger partial charge in [0.15, 0.2) is 6.29 Å². The predicted molar refractivity (Wildman–Crippen MR) is 109 cm³/mol. The maximum absolute atomic E-state index is 13.2. The summed E-state index contributed by atoms with van der Waals surface area (Å²) in [4.78, 5) is 21.6. The second-order valence-electron chi connectivity index (χ2n) is 5.82. The molecule has 28 heavy (non-hydrogen) atoms. The summed E-state index contributed by atoms with van der Waals surface area (Å²) in [5.74, 6) is 0.215. The maximum atomic E-state index is 13.2. The summed E-state index contributed by atoms with van der Waals surface area (Å²) in [5.41, 5.74) is 1.88. The molecule has 0 aliphatic heterocycles. The Balaban J connectivity index is 1.67. The first-order chi connectivity index (χ1) is 13.6. The third-order valence-corrected chi connectivity index (χ3v) is 5.93. The summed E-state index contributed by atoms with van der Waals surface area (Å²) in [5, 5.41) is 6.52. The quantitative estimate of drug-likeness (QED) is 0.323. The van der Waals surface area contributed by atoms with Crippen molar-refractivity contribution in [3.05, 3.63) is 41.8 Å². The lowest BCUT2D eigenvalue weighted by Crippen LogP contribution is -2.34. The summed E-state index contributed by atoms with van der Waals surface area (Å²) >= 11 is 3.02. The molecule has 1 aromatic carbocycles. The molecule has 0 saturated heterocycles. The Kier molecular flexibility index (Phi) is 7.32. The normalized spacial score (nSPS) is 11.3. The van der Waals surface area contributed by atoms with Gasteiger partial charge in [0.2, 0.25) is 5.91 Å². The molecule has 0 atom stereocenters. The van der Waals surface area contributed by atoms with E-state index in [4.69, 9.17) is 9.47 Å².